The first kappa shape index (κ1) is 12.5. The number of aromatic nitrogens is 1. The van der Waals surface area contributed by atoms with Crippen molar-refractivity contribution in [3.05, 3.63) is 40.3 Å². The van der Waals surface area contributed by atoms with Gasteiger partial charge in [-0.2, -0.15) is 0 Å². The highest BCUT2D eigenvalue weighted by molar-refractivity contribution is 7.09. The second-order valence-electron chi connectivity index (χ2n) is 4.96. The van der Waals surface area contributed by atoms with Crippen LogP contribution in [-0.2, 0) is 13.0 Å². The van der Waals surface area contributed by atoms with Gasteiger partial charge in [-0.3, -0.25) is 0 Å². The number of rotatable bonds is 3. The third-order valence-corrected chi connectivity index (χ3v) is 4.61. The molecule has 0 bridgehead atoms. The van der Waals surface area contributed by atoms with Crippen molar-refractivity contribution in [2.45, 2.75) is 32.9 Å². The number of thiazole rings is 1. The fourth-order valence-electron chi connectivity index (χ4n) is 2.48. The average Bonchev–Trinajstić information content (AvgIpc) is 2.90. The molecule has 2 aromatic rings. The van der Waals surface area contributed by atoms with E-state index in [1.54, 1.807) is 11.3 Å². The monoisotopic (exact) mass is 273 g/mol. The minimum atomic E-state index is 0.488. The maximum atomic E-state index is 4.69. The molecule has 0 spiro atoms. The predicted molar refractivity (Wildman–Crippen MR) is 82.1 cm³/mol. The van der Waals surface area contributed by atoms with Crippen LogP contribution in [-0.4, -0.2) is 17.6 Å². The lowest BCUT2D eigenvalue weighted by atomic mass is 10.1. The van der Waals surface area contributed by atoms with Crippen molar-refractivity contribution < 1.29 is 0 Å². The van der Waals surface area contributed by atoms with E-state index >= 15 is 0 Å². The minimum Gasteiger partial charge on any atom is -0.381 e. The summed E-state index contributed by atoms with van der Waals surface area (Å²) in [5.74, 6) is 0. The van der Waals surface area contributed by atoms with Gasteiger partial charge < -0.3 is 10.2 Å². The molecule has 0 radical (unpaired) electrons. The van der Waals surface area contributed by atoms with E-state index in [1.807, 2.05) is 0 Å². The molecule has 1 aromatic heterocycles. The Hall–Kier alpha value is -1.55. The van der Waals surface area contributed by atoms with Crippen LogP contribution in [0.5, 0.6) is 0 Å². The largest absolute Gasteiger partial charge is 0.381 e. The second kappa shape index (κ2) is 5.21. The van der Waals surface area contributed by atoms with Crippen molar-refractivity contribution in [2.24, 2.45) is 0 Å². The number of hydrogen-bond donors (Lipinski definition) is 1. The predicted octanol–water partition coefficient (Wildman–Crippen LogP) is 3.53. The Morgan fingerprint density at radius 3 is 3.05 bits per heavy atom. The first-order valence-electron chi connectivity index (χ1n) is 6.80. The van der Waals surface area contributed by atoms with E-state index in [0.29, 0.717) is 6.04 Å². The quantitative estimate of drug-likeness (QED) is 0.927. The average molecular weight is 273 g/mol. The van der Waals surface area contributed by atoms with E-state index in [-0.39, 0.29) is 0 Å². The van der Waals surface area contributed by atoms with Gasteiger partial charge in [-0.05, 0) is 25.5 Å². The first-order valence-corrected chi connectivity index (χ1v) is 7.68. The van der Waals surface area contributed by atoms with Gasteiger partial charge in [0.1, 0.15) is 0 Å². The lowest BCUT2D eigenvalue weighted by Crippen LogP contribution is -2.41. The molecule has 0 saturated carbocycles. The van der Waals surface area contributed by atoms with Gasteiger partial charge in [-0.1, -0.05) is 19.1 Å². The summed E-state index contributed by atoms with van der Waals surface area (Å²) in [6, 6.07) is 9.00. The van der Waals surface area contributed by atoms with Gasteiger partial charge in [0.05, 0.1) is 28.6 Å². The summed E-state index contributed by atoms with van der Waals surface area (Å²) in [4.78, 5) is 7.13. The molecule has 0 saturated heterocycles. The highest BCUT2D eigenvalue weighted by atomic mass is 32.1. The molecule has 2 heterocycles. The van der Waals surface area contributed by atoms with E-state index in [9.17, 15) is 0 Å². The molecular formula is C15H19N3S. The molecule has 1 atom stereocenters. The van der Waals surface area contributed by atoms with Crippen molar-refractivity contribution in [1.29, 1.82) is 0 Å². The van der Waals surface area contributed by atoms with Crippen LogP contribution in [0, 0.1) is 0 Å². The van der Waals surface area contributed by atoms with Crippen LogP contribution < -0.4 is 10.2 Å². The smallest absolute Gasteiger partial charge is 0.0926 e. The molecule has 4 heteroatoms. The molecule has 1 N–H and O–H groups in total. The molecule has 0 amide bonds. The zero-order valence-corrected chi connectivity index (χ0v) is 12.2. The molecule has 1 unspecified atom stereocenters. The Kier molecular flexibility index (Phi) is 3.42. The van der Waals surface area contributed by atoms with E-state index in [2.05, 4.69) is 58.7 Å². The summed E-state index contributed by atoms with van der Waals surface area (Å²) >= 11 is 1.77. The normalized spacial score (nSPS) is 18.0. The van der Waals surface area contributed by atoms with Gasteiger partial charge in [0.25, 0.3) is 0 Å². The van der Waals surface area contributed by atoms with E-state index < -0.39 is 0 Å². The summed E-state index contributed by atoms with van der Waals surface area (Å²) in [6.07, 6.45) is 1.03. The molecular weight excluding hydrogens is 254 g/mol. The SMILES string of the molecule is CCc1nc(CN2c3ccccc3NCC2C)cs1. The molecule has 3 nitrogen and oxygen atoms in total. The van der Waals surface area contributed by atoms with E-state index in [1.165, 1.54) is 22.1 Å². The van der Waals surface area contributed by atoms with Crippen molar-refractivity contribution in [1.82, 2.24) is 4.98 Å². The molecule has 3 rings (SSSR count). The van der Waals surface area contributed by atoms with Crippen molar-refractivity contribution >= 4 is 22.7 Å². The standard InChI is InChI=1S/C15H19N3S/c1-3-15-17-12(10-19-15)9-18-11(2)8-16-13-6-4-5-7-14(13)18/h4-7,10-11,16H,3,8-9H2,1-2H3. The number of benzene rings is 1. The zero-order chi connectivity index (χ0) is 13.2. The number of fused-ring (bicyclic) bond motifs is 1. The Labute approximate surface area is 118 Å². The highest BCUT2D eigenvalue weighted by Gasteiger charge is 2.22. The van der Waals surface area contributed by atoms with E-state index in [0.717, 1.165) is 19.5 Å². The molecule has 1 aromatic carbocycles. The topological polar surface area (TPSA) is 28.2 Å². The number of para-hydroxylation sites is 2. The molecule has 1 aliphatic heterocycles. The number of hydrogen-bond acceptors (Lipinski definition) is 4. The van der Waals surface area contributed by atoms with Gasteiger partial charge in [0.15, 0.2) is 0 Å². The van der Waals surface area contributed by atoms with Gasteiger partial charge in [-0.25, -0.2) is 4.98 Å². The van der Waals surface area contributed by atoms with Gasteiger partial charge in [-0.15, -0.1) is 11.3 Å². The van der Waals surface area contributed by atoms with Gasteiger partial charge >= 0.3 is 0 Å². The summed E-state index contributed by atoms with van der Waals surface area (Å²) in [7, 11) is 0. The third kappa shape index (κ3) is 2.45. The Bertz CT molecular complexity index is 564. The second-order valence-corrected chi connectivity index (χ2v) is 5.90. The fraction of sp³-hybridized carbons (Fsp3) is 0.400. The van der Waals surface area contributed by atoms with Crippen LogP contribution in [0.2, 0.25) is 0 Å². The van der Waals surface area contributed by atoms with Crippen LogP contribution in [0.15, 0.2) is 29.6 Å². The lowest BCUT2D eigenvalue weighted by Gasteiger charge is -2.37. The zero-order valence-electron chi connectivity index (χ0n) is 11.4. The van der Waals surface area contributed by atoms with Crippen LogP contribution in [0.25, 0.3) is 0 Å². The number of nitrogens with one attached hydrogen (secondary N) is 1. The fourth-order valence-corrected chi connectivity index (χ4v) is 3.21. The van der Waals surface area contributed by atoms with Gasteiger partial charge in [0.2, 0.25) is 0 Å². The summed E-state index contributed by atoms with van der Waals surface area (Å²) in [5, 5.41) is 6.90. The Morgan fingerprint density at radius 1 is 1.42 bits per heavy atom. The molecule has 100 valence electrons. The van der Waals surface area contributed by atoms with Crippen molar-refractivity contribution in [3.8, 4) is 0 Å². The summed E-state index contributed by atoms with van der Waals surface area (Å²) in [6.45, 7) is 6.31. The number of aryl methyl sites for hydroxylation is 1. The lowest BCUT2D eigenvalue weighted by molar-refractivity contribution is 0.635. The maximum Gasteiger partial charge on any atom is 0.0926 e. The highest BCUT2D eigenvalue weighted by Crippen LogP contribution is 2.32. The van der Waals surface area contributed by atoms with Gasteiger partial charge in [0, 0.05) is 18.0 Å². The molecule has 0 aliphatic carbocycles. The van der Waals surface area contributed by atoms with Crippen molar-refractivity contribution in [2.75, 3.05) is 16.8 Å². The molecule has 1 aliphatic rings. The summed E-state index contributed by atoms with van der Waals surface area (Å²) in [5.41, 5.74) is 3.70. The maximum absolute atomic E-state index is 4.69. The van der Waals surface area contributed by atoms with Crippen LogP contribution in [0.1, 0.15) is 24.5 Å². The van der Waals surface area contributed by atoms with Crippen LogP contribution in [0.3, 0.4) is 0 Å². The number of nitrogens with zero attached hydrogens (tertiary/aromatic N) is 2. The van der Waals surface area contributed by atoms with Crippen LogP contribution in [0.4, 0.5) is 11.4 Å². The molecule has 19 heavy (non-hydrogen) atoms. The Balaban J connectivity index is 1.87. The molecule has 0 fully saturated rings. The van der Waals surface area contributed by atoms with Crippen molar-refractivity contribution in [3.63, 3.8) is 0 Å². The van der Waals surface area contributed by atoms with Crippen LogP contribution >= 0.6 is 11.3 Å². The van der Waals surface area contributed by atoms with E-state index in [4.69, 9.17) is 0 Å². The Morgan fingerprint density at radius 2 is 2.26 bits per heavy atom. The number of anilines is 2. The minimum absolute atomic E-state index is 0.488. The first-order chi connectivity index (χ1) is 9.28. The summed E-state index contributed by atoms with van der Waals surface area (Å²) < 4.78 is 0. The third-order valence-electron chi connectivity index (χ3n) is 3.57.